The molecule has 0 atom stereocenters. The van der Waals surface area contributed by atoms with E-state index in [4.69, 9.17) is 40.4 Å². The van der Waals surface area contributed by atoms with Gasteiger partial charge in [0.15, 0.2) is 0 Å². The van der Waals surface area contributed by atoms with Crippen LogP contribution in [0, 0.1) is 12.8 Å². The number of hydrogen-bond acceptors (Lipinski definition) is 3. The second-order valence-corrected chi connectivity index (χ2v) is 6.31. The zero-order valence-electron chi connectivity index (χ0n) is 36.3. The Hall–Kier alpha value is -1.46. The molecule has 28 heavy (non-hydrogen) atoms. The van der Waals surface area contributed by atoms with Gasteiger partial charge in [0, 0.05) is 68.0 Å². The summed E-state index contributed by atoms with van der Waals surface area (Å²) >= 11 is 6.31. The fourth-order valence-electron chi connectivity index (χ4n) is 2.25. The first-order valence-corrected chi connectivity index (χ1v) is 8.70. The second kappa shape index (κ2) is 9.84. The quantitative estimate of drug-likeness (QED) is 0.771. The fraction of sp³-hybridized carbons (Fsp3) is 0.682. The number of piperazine rings is 1. The molecule has 2 aliphatic rings. The van der Waals surface area contributed by atoms with Crippen molar-refractivity contribution in [2.45, 2.75) is 44.9 Å². The number of carbonyl (C=O) groups excluding carboxylic acids is 1. The number of nitrogens with one attached hydrogen (secondary N) is 1. The van der Waals surface area contributed by atoms with E-state index in [1.165, 1.54) is 24.4 Å². The number of carbonyl (C=O) groups is 1. The Morgan fingerprint density at radius 1 is 1.32 bits per heavy atom. The van der Waals surface area contributed by atoms with E-state index in [0.29, 0.717) is 12.6 Å². The molecular formula is C22H35ClN4O. The van der Waals surface area contributed by atoms with Gasteiger partial charge in [-0.3, -0.25) is 4.90 Å². The molecule has 1 aromatic rings. The lowest BCUT2D eigenvalue weighted by molar-refractivity contribution is 0.194. The van der Waals surface area contributed by atoms with Crippen LogP contribution >= 0.6 is 11.6 Å². The summed E-state index contributed by atoms with van der Waals surface area (Å²) in [4.78, 5) is 12.8. The summed E-state index contributed by atoms with van der Waals surface area (Å²) in [5, 5.41) is 1.22. The average Bonchev–Trinajstić information content (AvgIpc) is 2.91. The van der Waals surface area contributed by atoms with Crippen molar-refractivity contribution < 1.29 is 33.6 Å². The normalized spacial score (nSPS) is 54.7. The lowest BCUT2D eigenvalue weighted by Crippen LogP contribution is -2.47. The van der Waals surface area contributed by atoms with E-state index >= 15 is 0 Å². The Morgan fingerprint density at radius 3 is 2.71 bits per heavy atom. The topological polar surface area (TPSA) is 38.8 Å². The summed E-state index contributed by atoms with van der Waals surface area (Å²) in [5.41, 5.74) is -0.122. The fourth-order valence-corrected chi connectivity index (χ4v) is 2.46. The molecule has 0 aromatic heterocycles. The smallest absolute Gasteiger partial charge is 0.317 e. The van der Waals surface area contributed by atoms with Gasteiger partial charge in [0.25, 0.3) is 0 Å². The van der Waals surface area contributed by atoms with Crippen LogP contribution in [0.3, 0.4) is 0 Å². The average molecular weight is 428 g/mol. The predicted octanol–water partition coefficient (Wildman–Crippen LogP) is 3.99. The van der Waals surface area contributed by atoms with Crippen LogP contribution in [0.15, 0.2) is 18.2 Å². The van der Waals surface area contributed by atoms with Crippen molar-refractivity contribution in [3.8, 4) is 0 Å². The highest BCUT2D eigenvalue weighted by Crippen LogP contribution is 2.30. The van der Waals surface area contributed by atoms with Gasteiger partial charge in [-0.1, -0.05) is 23.7 Å². The first kappa shape index (κ1) is 7.05. The van der Waals surface area contributed by atoms with E-state index in [0.717, 1.165) is 6.07 Å². The van der Waals surface area contributed by atoms with Crippen molar-refractivity contribution in [2.75, 3.05) is 51.5 Å². The van der Waals surface area contributed by atoms with Crippen LogP contribution in [0.2, 0.25) is 5.02 Å². The number of amides is 2. The minimum atomic E-state index is -4.08. The molecule has 0 unspecified atom stereocenters. The third-order valence-electron chi connectivity index (χ3n) is 3.80. The van der Waals surface area contributed by atoms with Gasteiger partial charge < -0.3 is 15.1 Å². The lowest BCUT2D eigenvalue weighted by atomic mass is 9.84. The summed E-state index contributed by atoms with van der Waals surface area (Å²) in [6, 6.07) is -1.83. The largest absolute Gasteiger partial charge is 0.368 e. The molecule has 0 spiro atoms. The van der Waals surface area contributed by atoms with Gasteiger partial charge in [-0.2, -0.15) is 0 Å². The van der Waals surface area contributed by atoms with Crippen LogP contribution in [0.25, 0.3) is 0 Å². The molecule has 0 bridgehead atoms. The molecule has 3 rings (SSSR count). The molecule has 6 heteroatoms. The second-order valence-electron chi connectivity index (χ2n) is 5.94. The monoisotopic (exact) mass is 427 g/mol. The summed E-state index contributed by atoms with van der Waals surface area (Å²) in [7, 11) is 0.670. The zero-order chi connectivity index (χ0) is 38.8. The van der Waals surface area contributed by atoms with E-state index < -0.39 is 95.1 Å². The number of rotatable bonds is 5. The SMILES string of the molecule is [2H]C([2H])([2H])N(C)C(=O)NC1([2H])C([2H])([2H])C([2H])([2H])C([2H])(CCN2C([2H])([2H])C([2H])([2H])N(c3cccc(C)c3Cl)C([2H])([2H])C2([2H])[2H])C([2H])([2H])C1([2H])[2H]. The molecular weight excluding hydrogens is 372 g/mol. The standard InChI is InChI=1S/C22H35ClN4O/c1-17-5-4-6-20(21(17)23)27-15-13-26(14-16-27)12-11-18-7-9-19(10-8-18)24-22(28)25(2)3/h4-6,18-19H,7-16H2,1-3H3,(H,24,28)/i2D3,7D2,8D2,9D2,10D2,13D2,14D2,15D2,16D2,18D,19D. The number of halogens is 1. The van der Waals surface area contributed by atoms with Gasteiger partial charge in [-0.15, -0.1) is 0 Å². The lowest BCUT2D eigenvalue weighted by Gasteiger charge is -2.37. The molecule has 0 radical (unpaired) electrons. The molecule has 1 heterocycles. The van der Waals surface area contributed by atoms with Gasteiger partial charge >= 0.3 is 6.03 Å². The van der Waals surface area contributed by atoms with Crippen molar-refractivity contribution in [3.63, 3.8) is 0 Å². The third-order valence-corrected chi connectivity index (χ3v) is 4.30. The summed E-state index contributed by atoms with van der Waals surface area (Å²) in [6.45, 7) is -17.3. The first-order chi connectivity index (χ1) is 21.4. The Balaban J connectivity index is 2.17. The van der Waals surface area contributed by atoms with Crippen molar-refractivity contribution in [2.24, 2.45) is 5.89 Å². The van der Waals surface area contributed by atoms with Crippen LogP contribution in [0.4, 0.5) is 10.5 Å². The minimum Gasteiger partial charge on any atom is -0.368 e. The highest BCUT2D eigenvalue weighted by atomic mass is 35.5. The molecule has 1 aromatic carbocycles. The minimum absolute atomic E-state index is 0.0428. The van der Waals surface area contributed by atoms with E-state index in [2.05, 4.69) is 0 Å². The zero-order valence-corrected chi connectivity index (χ0v) is 16.0. The number of benzene rings is 1. The van der Waals surface area contributed by atoms with Gasteiger partial charge in [0.2, 0.25) is 0 Å². The number of anilines is 1. The molecule has 156 valence electrons. The molecule has 2 amide bonds. The highest BCUT2D eigenvalue weighted by Gasteiger charge is 2.24. The van der Waals surface area contributed by atoms with Crippen LogP contribution in [0.1, 0.15) is 66.3 Å². The van der Waals surface area contributed by atoms with Crippen LogP contribution in [-0.4, -0.2) is 68.4 Å². The molecule has 2 fully saturated rings. The number of hydrogen-bond donors (Lipinski definition) is 1. The first-order valence-electron chi connectivity index (χ1n) is 18.8. The molecule has 5 nitrogen and oxygen atoms in total. The number of nitrogens with zero attached hydrogens (tertiary/aromatic N) is 3. The summed E-state index contributed by atoms with van der Waals surface area (Å²) in [6.07, 6.45) is -17.7. The molecule has 1 aliphatic carbocycles. The van der Waals surface area contributed by atoms with E-state index in [1.54, 1.807) is 0 Å². The predicted molar refractivity (Wildman–Crippen MR) is 117 cm³/mol. The molecule has 1 saturated carbocycles. The molecule has 1 N–H and O–H groups in total. The highest BCUT2D eigenvalue weighted by molar-refractivity contribution is 6.34. The molecule has 1 saturated heterocycles. The summed E-state index contributed by atoms with van der Waals surface area (Å²) < 4.78 is 178. The van der Waals surface area contributed by atoms with Gasteiger partial charge in [-0.25, -0.2) is 4.79 Å². The van der Waals surface area contributed by atoms with Crippen LogP contribution in [0.5, 0.6) is 0 Å². The van der Waals surface area contributed by atoms with Crippen molar-refractivity contribution in [1.82, 2.24) is 15.1 Å². The maximum Gasteiger partial charge on any atom is 0.317 e. The third kappa shape index (κ3) is 5.54. The Labute approximate surface area is 204 Å². The van der Waals surface area contributed by atoms with Gasteiger partial charge in [0.1, 0.15) is 0 Å². The van der Waals surface area contributed by atoms with Crippen molar-refractivity contribution in [1.29, 1.82) is 0 Å². The maximum absolute atomic E-state index is 12.7. The maximum atomic E-state index is 12.7. The molecule has 1 aliphatic heterocycles. The van der Waals surface area contributed by atoms with Crippen LogP contribution in [-0.2, 0) is 0 Å². The summed E-state index contributed by atoms with van der Waals surface area (Å²) in [5.74, 6) is -3.74. The van der Waals surface area contributed by atoms with E-state index in [9.17, 15) is 4.79 Å². The number of aryl methyl sites for hydroxylation is 1. The van der Waals surface area contributed by atoms with E-state index in [1.807, 2.05) is 0 Å². The Bertz CT molecular complexity index is 1420. The van der Waals surface area contributed by atoms with Crippen molar-refractivity contribution >= 4 is 23.3 Å². The Kier molecular flexibility index (Phi) is 2.48. The Morgan fingerprint density at radius 2 is 2.04 bits per heavy atom. The van der Waals surface area contributed by atoms with Crippen LogP contribution < -0.4 is 10.2 Å². The van der Waals surface area contributed by atoms with Gasteiger partial charge in [-0.05, 0) is 62.9 Å². The van der Waals surface area contributed by atoms with Crippen molar-refractivity contribution in [3.05, 3.63) is 28.8 Å². The number of urea groups is 1. The van der Waals surface area contributed by atoms with E-state index in [-0.39, 0.29) is 19.7 Å². The van der Waals surface area contributed by atoms with Gasteiger partial charge in [0.05, 0.1) is 17.6 Å².